The molecule has 10 aromatic carbocycles. The van der Waals surface area contributed by atoms with Gasteiger partial charge in [-0.05, 0) is 82.3 Å². The zero-order valence-corrected chi connectivity index (χ0v) is 54.2. The molecule has 0 radical (unpaired) electrons. The quantitative estimate of drug-likeness (QED) is 0.0246. The maximum Gasteiger partial charge on any atom is 0.334 e. The van der Waals surface area contributed by atoms with Crippen LogP contribution < -0.4 is 31.6 Å². The molecule has 0 saturated carbocycles. The van der Waals surface area contributed by atoms with Crippen molar-refractivity contribution in [1.29, 1.82) is 0 Å². The second kappa shape index (κ2) is 35.1. The maximum atomic E-state index is 14.5. The Balaban J connectivity index is 0.000000223. The molecule has 0 aliphatic carbocycles. The lowest BCUT2D eigenvalue weighted by atomic mass is 9.99. The van der Waals surface area contributed by atoms with Crippen molar-refractivity contribution in [2.75, 3.05) is 0 Å². The topological polar surface area (TPSA) is 157 Å². The third-order valence-corrected chi connectivity index (χ3v) is 24.6. The second-order valence-corrected chi connectivity index (χ2v) is 30.9. The van der Waals surface area contributed by atoms with Gasteiger partial charge < -0.3 is 30.9 Å². The lowest BCUT2D eigenvalue weighted by molar-refractivity contribution is -0.125. The minimum Gasteiger partial charge on any atom is -0.411 e. The average Bonchev–Trinajstić information content (AvgIpc) is 0.781. The van der Waals surface area contributed by atoms with E-state index in [1.807, 2.05) is 218 Å². The lowest BCUT2D eigenvalue weighted by Crippen LogP contribution is -2.62. The van der Waals surface area contributed by atoms with E-state index in [-0.39, 0.29) is 47.6 Å². The van der Waals surface area contributed by atoms with E-state index < -0.39 is 28.5 Å². The van der Waals surface area contributed by atoms with Crippen LogP contribution in [0.4, 0.5) is 0 Å². The molecule has 0 bridgehead atoms. The molecular weight excluding hydrogens is 1170 g/mol. The van der Waals surface area contributed by atoms with Crippen molar-refractivity contribution in [2.24, 2.45) is 23.7 Å². The van der Waals surface area contributed by atoms with Crippen molar-refractivity contribution in [3.05, 3.63) is 348 Å². The van der Waals surface area contributed by atoms with Gasteiger partial charge in [0.1, 0.15) is 8.07 Å². The largest absolute Gasteiger partial charge is 0.411 e. The van der Waals surface area contributed by atoms with Gasteiger partial charge in [0, 0.05) is 61.9 Å². The molecule has 92 heavy (non-hydrogen) atoms. The third-order valence-electron chi connectivity index (χ3n) is 17.0. The van der Waals surface area contributed by atoms with E-state index in [1.165, 1.54) is 10.4 Å². The molecule has 0 aromatic heterocycles. The summed E-state index contributed by atoms with van der Waals surface area (Å²) < 4.78 is 0. The molecule has 0 fully saturated rings. The van der Waals surface area contributed by atoms with Crippen LogP contribution in [0.15, 0.2) is 303 Å². The van der Waals surface area contributed by atoms with E-state index in [0.29, 0.717) is 64.0 Å². The first-order chi connectivity index (χ1) is 45.0. The van der Waals surface area contributed by atoms with Crippen LogP contribution >= 0.6 is 0 Å². The molecule has 468 valence electrons. The highest BCUT2D eigenvalue weighted by molar-refractivity contribution is 7.02. The Hall–Kier alpha value is -9.57. The number of rotatable bonds is 30. The molecule has 10 nitrogen and oxygen atoms in total. The summed E-state index contributed by atoms with van der Waals surface area (Å²) in [7, 11) is -6.85. The van der Waals surface area contributed by atoms with Crippen molar-refractivity contribution in [3.8, 4) is 0 Å². The molecule has 10 aromatic rings. The van der Waals surface area contributed by atoms with Crippen molar-refractivity contribution in [1.82, 2.24) is 21.3 Å². The summed E-state index contributed by atoms with van der Waals surface area (Å²) in [4.78, 5) is 78.5. The van der Waals surface area contributed by atoms with Crippen molar-refractivity contribution in [2.45, 2.75) is 76.0 Å². The summed E-state index contributed by atoms with van der Waals surface area (Å²) in [6, 6.07) is 102. The minimum atomic E-state index is -4.00. The maximum absolute atomic E-state index is 14.5. The number of carbonyl (C=O) groups is 4. The smallest absolute Gasteiger partial charge is 0.334 e. The number of nitrogens with one attached hydrogen (secondary N) is 4. The molecular formula is C80H84N4O6Si2. The molecule has 4 atom stereocenters. The SMILES string of the molecule is O=C(NCc1ccccc1)[C@H](Cc1ccccc1)C[Si](C[C@@H](Cc1ccccc1)C(=O)NCc1ccccc1)(c1ccccc1)c1ccccc1.O=C(NCc1ccccc1)[C@H](Cc1ccccc1)C[Si](O)(O)C[C@@H](Cc1ccccc1)C(=O)NCc1ccccc1. The Labute approximate surface area is 545 Å². The molecule has 0 saturated heterocycles. The predicted molar refractivity (Wildman–Crippen MR) is 375 cm³/mol. The first-order valence-electron chi connectivity index (χ1n) is 31.9. The lowest BCUT2D eigenvalue weighted by Gasteiger charge is -2.38. The monoisotopic (exact) mass is 1250 g/mol. The fraction of sp³-hybridized carbons (Fsp3) is 0.200. The zero-order chi connectivity index (χ0) is 64.1. The summed E-state index contributed by atoms with van der Waals surface area (Å²) in [5.74, 6) is -2.29. The molecule has 10 rings (SSSR count). The summed E-state index contributed by atoms with van der Waals surface area (Å²) in [6.45, 7) is 1.65. The van der Waals surface area contributed by atoms with Crippen molar-refractivity contribution < 1.29 is 28.8 Å². The molecule has 0 unspecified atom stereocenters. The highest BCUT2D eigenvalue weighted by atomic mass is 28.4. The number of benzene rings is 10. The highest BCUT2D eigenvalue weighted by Gasteiger charge is 2.45. The van der Waals surface area contributed by atoms with Gasteiger partial charge in [0.25, 0.3) is 0 Å². The summed E-state index contributed by atoms with van der Waals surface area (Å²) in [5, 5.41) is 15.0. The van der Waals surface area contributed by atoms with Crippen LogP contribution in [-0.2, 0) is 71.0 Å². The van der Waals surface area contributed by atoms with Gasteiger partial charge in [0.15, 0.2) is 0 Å². The Morgan fingerprint density at radius 1 is 0.250 bits per heavy atom. The van der Waals surface area contributed by atoms with Crippen LogP contribution in [0.2, 0.25) is 24.2 Å². The Morgan fingerprint density at radius 3 is 0.630 bits per heavy atom. The van der Waals surface area contributed by atoms with Crippen LogP contribution in [0.25, 0.3) is 0 Å². The first-order valence-corrected chi connectivity index (χ1v) is 36.7. The van der Waals surface area contributed by atoms with E-state index >= 15 is 0 Å². The van der Waals surface area contributed by atoms with Gasteiger partial charge in [-0.25, -0.2) is 0 Å². The van der Waals surface area contributed by atoms with Crippen molar-refractivity contribution in [3.63, 3.8) is 0 Å². The molecule has 0 spiro atoms. The third kappa shape index (κ3) is 21.3. The highest BCUT2D eigenvalue weighted by Crippen LogP contribution is 2.32. The average molecular weight is 1250 g/mol. The summed E-state index contributed by atoms with van der Waals surface area (Å²) in [5.41, 5.74) is 8.21. The van der Waals surface area contributed by atoms with E-state index in [1.54, 1.807) is 0 Å². The molecule has 0 heterocycles. The van der Waals surface area contributed by atoms with Gasteiger partial charge in [-0.3, -0.25) is 19.2 Å². The van der Waals surface area contributed by atoms with Gasteiger partial charge in [-0.2, -0.15) is 0 Å². The van der Waals surface area contributed by atoms with E-state index in [4.69, 9.17) is 0 Å². The van der Waals surface area contributed by atoms with Crippen LogP contribution in [0.5, 0.6) is 0 Å². The summed E-state index contributed by atoms with van der Waals surface area (Å²) in [6.07, 6.45) is 1.97. The minimum absolute atomic E-state index is 0.0413. The fourth-order valence-electron chi connectivity index (χ4n) is 12.3. The van der Waals surface area contributed by atoms with Gasteiger partial charge in [0.2, 0.25) is 23.6 Å². The summed E-state index contributed by atoms with van der Waals surface area (Å²) >= 11 is 0. The van der Waals surface area contributed by atoms with Crippen LogP contribution in [0.1, 0.15) is 44.5 Å². The second-order valence-electron chi connectivity index (χ2n) is 24.0. The number of carbonyl (C=O) groups excluding carboxylic acids is 4. The van der Waals surface area contributed by atoms with E-state index in [9.17, 15) is 28.8 Å². The molecule has 0 aliphatic heterocycles. The number of amides is 4. The first kappa shape index (κ1) is 66.8. The van der Waals surface area contributed by atoms with E-state index in [2.05, 4.69) is 106 Å². The standard InChI is InChI=1S/C46H46N2O2Si.C34H38N2O4Si/c49-45(47-33-39-23-11-3-12-24-39)41(31-37-19-7-1-8-20-37)35-51(43-27-15-5-16-28-43,44-29-17-6-18-30-44)36-42(32-38-21-9-2-10-22-38)46(50)48-34-40-25-13-4-14-26-40;37-33(35-23-29-17-9-3-10-18-29)31(21-27-13-5-1-6-14-27)25-41(39,40)26-32(22-28-15-7-2-8-16-28)34(38)36-24-30-19-11-4-12-20-30/h1-30,41-42H,31-36H2,(H,47,49)(H,48,50);1-20,31-32,39-40H,21-26H2,(H,35,37)(H,36,38)/t41-,42-;31-,32-/m11/s1. The van der Waals surface area contributed by atoms with Gasteiger partial charge >= 0.3 is 8.56 Å². The molecule has 4 amide bonds. The fourth-order valence-corrected chi connectivity index (χ4v) is 20.1. The van der Waals surface area contributed by atoms with Crippen LogP contribution in [0, 0.1) is 23.7 Å². The zero-order valence-electron chi connectivity index (χ0n) is 52.2. The van der Waals surface area contributed by atoms with Crippen molar-refractivity contribution >= 4 is 50.6 Å². The Morgan fingerprint density at radius 2 is 0.424 bits per heavy atom. The molecule has 6 N–H and O–H groups in total. The normalized spacial score (nSPS) is 12.5. The van der Waals surface area contributed by atoms with Gasteiger partial charge in [-0.1, -0.05) is 314 Å². The van der Waals surface area contributed by atoms with Gasteiger partial charge in [-0.15, -0.1) is 0 Å². The van der Waals surface area contributed by atoms with Crippen LogP contribution in [0.3, 0.4) is 0 Å². The Bertz CT molecular complexity index is 3520. The van der Waals surface area contributed by atoms with Crippen LogP contribution in [-0.4, -0.2) is 49.9 Å². The molecule has 0 aliphatic rings. The van der Waals surface area contributed by atoms with E-state index in [0.717, 1.165) is 44.5 Å². The molecule has 12 heteroatoms. The van der Waals surface area contributed by atoms with Gasteiger partial charge in [0.05, 0.1) is 0 Å². The number of hydrogen-bond acceptors (Lipinski definition) is 6. The number of hydrogen-bond donors (Lipinski definition) is 6. The predicted octanol–water partition coefficient (Wildman–Crippen LogP) is 12.4. The Kier molecular flexibility index (Phi) is 25.5.